The highest BCUT2D eigenvalue weighted by atomic mass is 19.2. The summed E-state index contributed by atoms with van der Waals surface area (Å²) in [7, 11) is 0. The van der Waals surface area contributed by atoms with Crippen LogP contribution in [0.15, 0.2) is 53.3 Å². The molecule has 0 radical (unpaired) electrons. The summed E-state index contributed by atoms with van der Waals surface area (Å²) in [5.41, 5.74) is 3.56. The predicted octanol–water partition coefficient (Wildman–Crippen LogP) is 3.97. The Morgan fingerprint density at radius 2 is 2.03 bits per heavy atom. The number of carbonyl (C=O) groups excluding carboxylic acids is 1. The van der Waals surface area contributed by atoms with Crippen LogP contribution in [0.25, 0.3) is 16.5 Å². The molecule has 1 fully saturated rings. The molecule has 1 amide bonds. The number of aromatic amines is 1. The van der Waals surface area contributed by atoms with Gasteiger partial charge < -0.3 is 9.88 Å². The lowest BCUT2D eigenvalue weighted by Crippen LogP contribution is -2.38. The monoisotopic (exact) mass is 406 g/mol. The Hall–Kier alpha value is -3.28. The van der Waals surface area contributed by atoms with Gasteiger partial charge in [0.2, 0.25) is 5.91 Å². The third-order valence-electron chi connectivity index (χ3n) is 6.16. The summed E-state index contributed by atoms with van der Waals surface area (Å²) in [6.45, 7) is 2.67. The second-order valence-electron chi connectivity index (χ2n) is 8.16. The number of hydrogen-bond acceptors (Lipinski definition) is 2. The minimum Gasteiger partial charge on any atom is -0.335 e. The fourth-order valence-electron chi connectivity index (χ4n) is 4.69. The van der Waals surface area contributed by atoms with Gasteiger partial charge in [-0.15, -0.1) is 0 Å². The molecule has 1 saturated heterocycles. The molecular formula is C24H20F2N2O2. The highest BCUT2D eigenvalue weighted by Crippen LogP contribution is 2.42. The SMILES string of the molecule is Cc1cccc(C2=CC3CC2CN3C(=O)Cc2cc3c(F)c(F)ccc3[nH]c2=O)c1. The van der Waals surface area contributed by atoms with Crippen molar-refractivity contribution in [2.75, 3.05) is 6.54 Å². The van der Waals surface area contributed by atoms with Gasteiger partial charge in [-0.2, -0.15) is 0 Å². The lowest BCUT2D eigenvalue weighted by molar-refractivity contribution is -0.130. The normalized spacial score (nSPS) is 20.1. The third-order valence-corrected chi connectivity index (χ3v) is 6.16. The van der Waals surface area contributed by atoms with E-state index >= 15 is 0 Å². The molecule has 2 atom stereocenters. The quantitative estimate of drug-likeness (QED) is 0.716. The number of H-pyrrole nitrogens is 1. The van der Waals surface area contributed by atoms with Crippen molar-refractivity contribution in [3.8, 4) is 0 Å². The van der Waals surface area contributed by atoms with Crippen molar-refractivity contribution in [3.63, 3.8) is 0 Å². The molecule has 1 aromatic heterocycles. The van der Waals surface area contributed by atoms with E-state index in [9.17, 15) is 18.4 Å². The number of likely N-dealkylation sites (tertiary alicyclic amines) is 1. The molecule has 2 unspecified atom stereocenters. The van der Waals surface area contributed by atoms with Crippen molar-refractivity contribution in [3.05, 3.63) is 87.2 Å². The topological polar surface area (TPSA) is 53.2 Å². The van der Waals surface area contributed by atoms with Crippen molar-refractivity contribution in [2.45, 2.75) is 25.8 Å². The molecule has 152 valence electrons. The van der Waals surface area contributed by atoms with Crippen LogP contribution in [0.5, 0.6) is 0 Å². The summed E-state index contributed by atoms with van der Waals surface area (Å²) in [6, 6.07) is 11.9. The van der Waals surface area contributed by atoms with E-state index in [4.69, 9.17) is 0 Å². The van der Waals surface area contributed by atoms with Gasteiger partial charge in [-0.05, 0) is 42.7 Å². The summed E-state index contributed by atoms with van der Waals surface area (Å²) in [5.74, 6) is -1.91. The molecule has 0 saturated carbocycles. The number of carbonyl (C=O) groups is 1. The molecule has 3 aromatic rings. The van der Waals surface area contributed by atoms with Gasteiger partial charge in [0.05, 0.1) is 18.0 Å². The predicted molar refractivity (Wildman–Crippen MR) is 111 cm³/mol. The molecular weight excluding hydrogens is 386 g/mol. The first kappa shape index (κ1) is 18.7. The van der Waals surface area contributed by atoms with Gasteiger partial charge in [0.15, 0.2) is 11.6 Å². The molecule has 1 N–H and O–H groups in total. The van der Waals surface area contributed by atoms with E-state index in [2.05, 4.69) is 36.2 Å². The molecule has 1 aliphatic carbocycles. The summed E-state index contributed by atoms with van der Waals surface area (Å²) in [5, 5.41) is -0.0260. The fraction of sp³-hybridized carbons (Fsp3) is 0.250. The average Bonchev–Trinajstić information content (AvgIpc) is 3.33. The first-order chi connectivity index (χ1) is 14.4. The van der Waals surface area contributed by atoms with Crippen molar-refractivity contribution in [1.82, 2.24) is 9.88 Å². The summed E-state index contributed by atoms with van der Waals surface area (Å²) < 4.78 is 27.6. The second-order valence-corrected chi connectivity index (χ2v) is 8.16. The van der Waals surface area contributed by atoms with E-state index in [0.717, 1.165) is 12.5 Å². The van der Waals surface area contributed by atoms with Crippen molar-refractivity contribution in [2.24, 2.45) is 5.92 Å². The second kappa shape index (κ2) is 6.90. The number of nitrogens with one attached hydrogen (secondary N) is 1. The third kappa shape index (κ3) is 3.03. The zero-order valence-electron chi connectivity index (χ0n) is 16.4. The van der Waals surface area contributed by atoms with Crippen molar-refractivity contribution >= 4 is 22.4 Å². The number of fused-ring (bicyclic) bond motifs is 3. The molecule has 2 aromatic carbocycles. The number of nitrogens with zero attached hydrogens (tertiary/aromatic N) is 1. The number of aromatic nitrogens is 1. The lowest BCUT2D eigenvalue weighted by atomic mass is 9.94. The Morgan fingerprint density at radius 3 is 2.77 bits per heavy atom. The van der Waals surface area contributed by atoms with Gasteiger partial charge in [-0.25, -0.2) is 8.78 Å². The van der Waals surface area contributed by atoms with Gasteiger partial charge >= 0.3 is 0 Å². The Bertz CT molecular complexity index is 1280. The van der Waals surface area contributed by atoms with Gasteiger partial charge in [-0.3, -0.25) is 9.59 Å². The summed E-state index contributed by atoms with van der Waals surface area (Å²) in [6.07, 6.45) is 2.88. The zero-order valence-corrected chi connectivity index (χ0v) is 16.4. The van der Waals surface area contributed by atoms with Gasteiger partial charge in [-0.1, -0.05) is 35.9 Å². The molecule has 2 aliphatic rings. The molecule has 2 bridgehead atoms. The van der Waals surface area contributed by atoms with Crippen LogP contribution in [-0.4, -0.2) is 28.4 Å². The van der Waals surface area contributed by atoms with E-state index in [1.54, 1.807) is 4.90 Å². The van der Waals surface area contributed by atoms with Crippen molar-refractivity contribution < 1.29 is 13.6 Å². The summed E-state index contributed by atoms with van der Waals surface area (Å²) >= 11 is 0. The van der Waals surface area contributed by atoms with Gasteiger partial charge in [0.25, 0.3) is 5.56 Å². The van der Waals surface area contributed by atoms with Crippen LogP contribution in [0.2, 0.25) is 0 Å². The lowest BCUT2D eigenvalue weighted by Gasteiger charge is -2.26. The van der Waals surface area contributed by atoms with Crippen molar-refractivity contribution in [1.29, 1.82) is 0 Å². The Labute approximate surface area is 171 Å². The highest BCUT2D eigenvalue weighted by Gasteiger charge is 2.41. The first-order valence-electron chi connectivity index (χ1n) is 9.99. The minimum absolute atomic E-state index is 0.00623. The van der Waals surface area contributed by atoms with Crippen LogP contribution in [0, 0.1) is 24.5 Å². The van der Waals surface area contributed by atoms with E-state index in [1.807, 2.05) is 6.07 Å². The number of aryl methyl sites for hydroxylation is 1. The van der Waals surface area contributed by atoms with E-state index in [0.29, 0.717) is 6.54 Å². The molecule has 4 nitrogen and oxygen atoms in total. The fourth-order valence-corrected chi connectivity index (χ4v) is 4.69. The average molecular weight is 406 g/mol. The maximum absolute atomic E-state index is 14.1. The van der Waals surface area contributed by atoms with Crippen LogP contribution in [0.1, 0.15) is 23.1 Å². The Balaban J connectivity index is 1.39. The zero-order chi connectivity index (χ0) is 21.0. The van der Waals surface area contributed by atoms with Crippen LogP contribution in [0.4, 0.5) is 8.78 Å². The number of rotatable bonds is 3. The maximum atomic E-state index is 14.1. The number of benzene rings is 2. The number of halogens is 2. The molecule has 1 aliphatic heterocycles. The maximum Gasteiger partial charge on any atom is 0.252 e. The number of hydrogen-bond donors (Lipinski definition) is 1. The number of amides is 1. The van der Waals surface area contributed by atoms with Crippen LogP contribution < -0.4 is 5.56 Å². The summed E-state index contributed by atoms with van der Waals surface area (Å²) in [4.78, 5) is 29.6. The van der Waals surface area contributed by atoms with E-state index in [-0.39, 0.29) is 40.8 Å². The molecule has 5 rings (SSSR count). The highest BCUT2D eigenvalue weighted by molar-refractivity contribution is 5.85. The van der Waals surface area contributed by atoms with Gasteiger partial charge in [0, 0.05) is 23.4 Å². The number of pyridine rings is 1. The molecule has 2 heterocycles. The standard InChI is InChI=1S/C24H20F2N2O2/c1-13-3-2-4-14(7-13)18-11-17-8-16(18)12-28(17)22(29)10-15-9-19-21(27-24(15)30)6-5-20(25)23(19)26/h2-7,9,11,16-17H,8,10,12H2,1H3,(H,27,30). The Morgan fingerprint density at radius 1 is 1.20 bits per heavy atom. The Kier molecular flexibility index (Phi) is 4.31. The van der Waals surface area contributed by atoms with E-state index in [1.165, 1.54) is 28.8 Å². The smallest absolute Gasteiger partial charge is 0.252 e. The molecule has 0 spiro atoms. The van der Waals surface area contributed by atoms with Gasteiger partial charge in [0.1, 0.15) is 0 Å². The van der Waals surface area contributed by atoms with Crippen LogP contribution >= 0.6 is 0 Å². The van der Waals surface area contributed by atoms with Crippen LogP contribution in [-0.2, 0) is 11.2 Å². The first-order valence-corrected chi connectivity index (χ1v) is 9.99. The largest absolute Gasteiger partial charge is 0.335 e. The van der Waals surface area contributed by atoms with Crippen LogP contribution in [0.3, 0.4) is 0 Å². The minimum atomic E-state index is -1.02. The molecule has 6 heteroatoms. The van der Waals surface area contributed by atoms with E-state index < -0.39 is 17.2 Å². The molecule has 30 heavy (non-hydrogen) atoms.